The van der Waals surface area contributed by atoms with Gasteiger partial charge in [-0.3, -0.25) is 4.79 Å². The molecule has 1 amide bonds. The second-order valence-electron chi connectivity index (χ2n) is 5.01. The van der Waals surface area contributed by atoms with Crippen molar-refractivity contribution in [3.8, 4) is 0 Å². The monoisotopic (exact) mass is 246 g/mol. The fourth-order valence-corrected chi connectivity index (χ4v) is 2.83. The Morgan fingerprint density at radius 1 is 1.17 bits per heavy atom. The van der Waals surface area contributed by atoms with E-state index in [1.54, 1.807) is 11.0 Å². The van der Waals surface area contributed by atoms with E-state index in [2.05, 4.69) is 4.90 Å². The van der Waals surface area contributed by atoms with Crippen molar-refractivity contribution in [2.75, 3.05) is 26.2 Å². The lowest BCUT2D eigenvalue weighted by Crippen LogP contribution is -2.36. The van der Waals surface area contributed by atoms with Crippen LogP contribution in [0.15, 0.2) is 24.3 Å². The van der Waals surface area contributed by atoms with Crippen LogP contribution in [0.5, 0.6) is 0 Å². The van der Waals surface area contributed by atoms with Crippen LogP contribution >= 0.6 is 0 Å². The Morgan fingerprint density at radius 2 is 1.89 bits per heavy atom. The number of carbonyl (C=O) groups excluding carboxylic acids is 1. The summed E-state index contributed by atoms with van der Waals surface area (Å²) in [4.78, 5) is 16.1. The summed E-state index contributed by atoms with van der Waals surface area (Å²) in [5.74, 6) is -0.0442. The summed E-state index contributed by atoms with van der Waals surface area (Å²) in [5.41, 5.74) is 1.38. The van der Waals surface area contributed by atoms with Gasteiger partial charge in [-0.2, -0.15) is 0 Å². The SMILES string of the molecule is O=C1c2ccccc2[C@H](O)N1CCN1CCCC1. The van der Waals surface area contributed by atoms with Crippen LogP contribution in [0.2, 0.25) is 0 Å². The van der Waals surface area contributed by atoms with Crippen LogP contribution in [0.4, 0.5) is 0 Å². The Morgan fingerprint density at radius 3 is 2.61 bits per heavy atom. The quantitative estimate of drug-likeness (QED) is 0.872. The first kappa shape index (κ1) is 11.7. The molecule has 96 valence electrons. The normalized spacial score (nSPS) is 23.7. The van der Waals surface area contributed by atoms with Gasteiger partial charge >= 0.3 is 0 Å². The van der Waals surface area contributed by atoms with Crippen LogP contribution < -0.4 is 0 Å². The molecule has 1 atom stereocenters. The van der Waals surface area contributed by atoms with Crippen molar-refractivity contribution in [1.82, 2.24) is 9.80 Å². The van der Waals surface area contributed by atoms with E-state index in [-0.39, 0.29) is 5.91 Å². The molecule has 0 aromatic heterocycles. The van der Waals surface area contributed by atoms with Gasteiger partial charge in [0.2, 0.25) is 0 Å². The Balaban J connectivity index is 1.69. The van der Waals surface area contributed by atoms with E-state index in [4.69, 9.17) is 0 Å². The molecule has 18 heavy (non-hydrogen) atoms. The van der Waals surface area contributed by atoms with Crippen molar-refractivity contribution >= 4 is 5.91 Å². The molecule has 0 unspecified atom stereocenters. The maximum absolute atomic E-state index is 12.2. The number of likely N-dealkylation sites (tertiary alicyclic amines) is 1. The molecular formula is C14H18N2O2. The van der Waals surface area contributed by atoms with Crippen molar-refractivity contribution < 1.29 is 9.90 Å². The summed E-state index contributed by atoms with van der Waals surface area (Å²) in [7, 11) is 0. The maximum atomic E-state index is 12.2. The van der Waals surface area contributed by atoms with E-state index in [0.29, 0.717) is 12.1 Å². The number of aliphatic hydroxyl groups excluding tert-OH is 1. The fraction of sp³-hybridized carbons (Fsp3) is 0.500. The van der Waals surface area contributed by atoms with Gasteiger partial charge < -0.3 is 14.9 Å². The van der Waals surface area contributed by atoms with Crippen molar-refractivity contribution in [2.45, 2.75) is 19.1 Å². The number of rotatable bonds is 3. The molecule has 1 saturated heterocycles. The van der Waals surface area contributed by atoms with Crippen LogP contribution in [0, 0.1) is 0 Å². The number of fused-ring (bicyclic) bond motifs is 1. The number of benzene rings is 1. The summed E-state index contributed by atoms with van der Waals surface area (Å²) in [5, 5.41) is 10.2. The van der Waals surface area contributed by atoms with Crippen molar-refractivity contribution in [3.05, 3.63) is 35.4 Å². The largest absolute Gasteiger partial charge is 0.369 e. The van der Waals surface area contributed by atoms with Crippen LogP contribution in [-0.4, -0.2) is 47.0 Å². The van der Waals surface area contributed by atoms with Gasteiger partial charge in [-0.15, -0.1) is 0 Å². The zero-order valence-electron chi connectivity index (χ0n) is 10.4. The average molecular weight is 246 g/mol. The Bertz CT molecular complexity index is 455. The van der Waals surface area contributed by atoms with Gasteiger partial charge in [-0.05, 0) is 32.0 Å². The number of carbonyl (C=O) groups is 1. The van der Waals surface area contributed by atoms with Crippen LogP contribution in [0.3, 0.4) is 0 Å². The smallest absolute Gasteiger partial charge is 0.256 e. The highest BCUT2D eigenvalue weighted by Gasteiger charge is 2.34. The molecule has 0 aliphatic carbocycles. The molecule has 0 bridgehead atoms. The van der Waals surface area contributed by atoms with Crippen LogP contribution in [0.25, 0.3) is 0 Å². The van der Waals surface area contributed by atoms with E-state index in [1.165, 1.54) is 12.8 Å². The van der Waals surface area contributed by atoms with E-state index >= 15 is 0 Å². The minimum absolute atomic E-state index is 0.0442. The number of hydrogen-bond donors (Lipinski definition) is 1. The molecule has 1 aromatic carbocycles. The van der Waals surface area contributed by atoms with E-state index in [9.17, 15) is 9.90 Å². The van der Waals surface area contributed by atoms with Gasteiger partial charge in [0.1, 0.15) is 0 Å². The second kappa shape index (κ2) is 4.71. The molecule has 2 heterocycles. The van der Waals surface area contributed by atoms with Gasteiger partial charge in [0.05, 0.1) is 0 Å². The fourth-order valence-electron chi connectivity index (χ4n) is 2.83. The summed E-state index contributed by atoms with van der Waals surface area (Å²) in [6.45, 7) is 3.70. The highest BCUT2D eigenvalue weighted by molar-refractivity contribution is 5.98. The zero-order chi connectivity index (χ0) is 12.5. The van der Waals surface area contributed by atoms with E-state index < -0.39 is 6.23 Å². The highest BCUT2D eigenvalue weighted by Crippen LogP contribution is 2.30. The predicted octanol–water partition coefficient (Wildman–Crippen LogP) is 1.23. The molecule has 4 nitrogen and oxygen atoms in total. The molecular weight excluding hydrogens is 228 g/mol. The Kier molecular flexibility index (Phi) is 3.06. The van der Waals surface area contributed by atoms with Gasteiger partial charge in [-0.25, -0.2) is 0 Å². The molecule has 0 spiro atoms. The first-order valence-electron chi connectivity index (χ1n) is 6.58. The van der Waals surface area contributed by atoms with E-state index in [0.717, 1.165) is 25.2 Å². The molecule has 1 aromatic rings. The van der Waals surface area contributed by atoms with Gasteiger partial charge in [-0.1, -0.05) is 18.2 Å². The molecule has 1 fully saturated rings. The Hall–Kier alpha value is -1.39. The van der Waals surface area contributed by atoms with Crippen LogP contribution in [0.1, 0.15) is 35.0 Å². The molecule has 2 aliphatic heterocycles. The van der Waals surface area contributed by atoms with Crippen LogP contribution in [-0.2, 0) is 0 Å². The van der Waals surface area contributed by atoms with Crippen molar-refractivity contribution in [2.24, 2.45) is 0 Å². The molecule has 4 heteroatoms. The van der Waals surface area contributed by atoms with Crippen molar-refractivity contribution in [3.63, 3.8) is 0 Å². The standard InChI is InChI=1S/C14H18N2O2/c17-13-11-5-1-2-6-12(11)14(18)16(13)10-9-15-7-3-4-8-15/h1-2,5-6,13,17H,3-4,7-10H2/t13-/m0/s1. The lowest BCUT2D eigenvalue weighted by molar-refractivity contribution is 0.0145. The number of amides is 1. The molecule has 0 saturated carbocycles. The zero-order valence-corrected chi connectivity index (χ0v) is 10.4. The molecule has 3 rings (SSSR count). The van der Waals surface area contributed by atoms with Crippen molar-refractivity contribution in [1.29, 1.82) is 0 Å². The summed E-state index contributed by atoms with van der Waals surface area (Å²) >= 11 is 0. The lowest BCUT2D eigenvalue weighted by atomic mass is 10.1. The Labute approximate surface area is 107 Å². The van der Waals surface area contributed by atoms with Gasteiger partial charge in [0.25, 0.3) is 5.91 Å². The van der Waals surface area contributed by atoms with Gasteiger partial charge in [0, 0.05) is 24.2 Å². The number of nitrogens with zero attached hydrogens (tertiary/aromatic N) is 2. The highest BCUT2D eigenvalue weighted by atomic mass is 16.3. The first-order chi connectivity index (χ1) is 8.77. The first-order valence-corrected chi connectivity index (χ1v) is 6.58. The number of hydrogen-bond acceptors (Lipinski definition) is 3. The minimum Gasteiger partial charge on any atom is -0.369 e. The third-order valence-corrected chi connectivity index (χ3v) is 3.88. The predicted molar refractivity (Wildman–Crippen MR) is 68.1 cm³/mol. The number of aliphatic hydroxyl groups is 1. The minimum atomic E-state index is -0.767. The third kappa shape index (κ3) is 1.91. The summed E-state index contributed by atoms with van der Waals surface area (Å²) in [6, 6.07) is 7.32. The van der Waals surface area contributed by atoms with Gasteiger partial charge in [0.15, 0.2) is 6.23 Å². The third-order valence-electron chi connectivity index (χ3n) is 3.88. The lowest BCUT2D eigenvalue weighted by Gasteiger charge is -2.24. The molecule has 2 aliphatic rings. The topological polar surface area (TPSA) is 43.8 Å². The average Bonchev–Trinajstić information content (AvgIpc) is 2.98. The molecule has 1 N–H and O–H groups in total. The second-order valence-corrected chi connectivity index (χ2v) is 5.01. The maximum Gasteiger partial charge on any atom is 0.256 e. The molecule has 0 radical (unpaired) electrons. The summed E-state index contributed by atoms with van der Waals surface area (Å²) in [6.07, 6.45) is 1.73. The van der Waals surface area contributed by atoms with E-state index in [1.807, 2.05) is 18.2 Å². The summed E-state index contributed by atoms with van der Waals surface area (Å²) < 4.78 is 0.